The van der Waals surface area contributed by atoms with E-state index in [1.165, 1.54) is 21.8 Å². The van der Waals surface area contributed by atoms with Gasteiger partial charge in [-0.3, -0.25) is 4.79 Å². The van der Waals surface area contributed by atoms with Gasteiger partial charge in [-0.05, 0) is 11.6 Å². The fourth-order valence-electron chi connectivity index (χ4n) is 2.18. The van der Waals surface area contributed by atoms with E-state index in [2.05, 4.69) is 34.6 Å². The predicted molar refractivity (Wildman–Crippen MR) is 76.6 cm³/mol. The van der Waals surface area contributed by atoms with Crippen molar-refractivity contribution in [3.05, 3.63) is 50.6 Å². The Hall–Kier alpha value is -1.04. The van der Waals surface area contributed by atoms with Crippen LogP contribution in [0.4, 0.5) is 0 Å². The van der Waals surface area contributed by atoms with Crippen molar-refractivity contribution in [1.29, 1.82) is 0 Å². The molecule has 5 heteroatoms. The minimum atomic E-state index is 0.0218. The van der Waals surface area contributed by atoms with Crippen LogP contribution in [0, 0.1) is 0 Å². The zero-order valence-electron chi connectivity index (χ0n) is 9.81. The quantitative estimate of drug-likeness (QED) is 0.903. The molecule has 1 aromatic carbocycles. The second-order valence-corrected chi connectivity index (χ2v) is 6.25. The molecule has 0 radical (unpaired) electrons. The standard InChI is InChI=1S/C13H14N2OS2/c16-13-15-10(8-18-13)6-14-5-9-7-17-12-4-2-1-3-11(9)12/h1-4,8-9,14H,5-7H2,(H,15,16). The molecule has 1 unspecified atom stereocenters. The molecule has 2 aromatic rings. The molecule has 0 saturated carbocycles. The molecule has 3 rings (SSSR count). The van der Waals surface area contributed by atoms with E-state index in [9.17, 15) is 4.79 Å². The SMILES string of the molecule is O=c1[nH]c(CNCC2CSc3ccccc32)cs1. The van der Waals surface area contributed by atoms with E-state index in [-0.39, 0.29) is 4.87 Å². The molecule has 2 heterocycles. The number of rotatable bonds is 4. The zero-order valence-corrected chi connectivity index (χ0v) is 11.4. The van der Waals surface area contributed by atoms with Gasteiger partial charge in [-0.1, -0.05) is 29.5 Å². The lowest BCUT2D eigenvalue weighted by molar-refractivity contribution is 0.615. The topological polar surface area (TPSA) is 44.9 Å². The number of aromatic nitrogens is 1. The Bertz CT molecular complexity index is 590. The Morgan fingerprint density at radius 2 is 2.28 bits per heavy atom. The van der Waals surface area contributed by atoms with E-state index in [0.29, 0.717) is 5.92 Å². The fraction of sp³-hybridized carbons (Fsp3) is 0.308. The molecular formula is C13H14N2OS2. The van der Waals surface area contributed by atoms with Crippen LogP contribution in [-0.4, -0.2) is 17.3 Å². The first-order chi connectivity index (χ1) is 8.83. The Kier molecular flexibility index (Phi) is 3.54. The Morgan fingerprint density at radius 3 is 3.11 bits per heavy atom. The first-order valence-electron chi connectivity index (χ1n) is 5.92. The van der Waals surface area contributed by atoms with Crippen LogP contribution in [0.15, 0.2) is 39.3 Å². The molecule has 0 spiro atoms. The van der Waals surface area contributed by atoms with Gasteiger partial charge in [0.25, 0.3) is 0 Å². The van der Waals surface area contributed by atoms with E-state index < -0.39 is 0 Å². The van der Waals surface area contributed by atoms with Crippen molar-refractivity contribution in [3.63, 3.8) is 0 Å². The van der Waals surface area contributed by atoms with Crippen LogP contribution in [-0.2, 0) is 6.54 Å². The summed E-state index contributed by atoms with van der Waals surface area (Å²) in [5.74, 6) is 1.73. The number of aromatic amines is 1. The van der Waals surface area contributed by atoms with Gasteiger partial charge in [0, 0.05) is 40.7 Å². The number of benzene rings is 1. The van der Waals surface area contributed by atoms with Gasteiger partial charge >= 0.3 is 4.87 Å². The monoisotopic (exact) mass is 278 g/mol. The predicted octanol–water partition coefficient (Wildman–Crippen LogP) is 2.42. The third-order valence-electron chi connectivity index (χ3n) is 3.08. The molecule has 0 aliphatic carbocycles. The first-order valence-corrected chi connectivity index (χ1v) is 7.78. The van der Waals surface area contributed by atoms with Crippen LogP contribution in [0.5, 0.6) is 0 Å². The Morgan fingerprint density at radius 1 is 1.39 bits per heavy atom. The summed E-state index contributed by atoms with van der Waals surface area (Å²) in [5, 5.41) is 5.30. The number of thioether (sulfide) groups is 1. The maximum Gasteiger partial charge on any atom is 0.304 e. The maximum atomic E-state index is 11.0. The van der Waals surface area contributed by atoms with Crippen LogP contribution < -0.4 is 10.2 Å². The maximum absolute atomic E-state index is 11.0. The molecular weight excluding hydrogens is 264 g/mol. The second kappa shape index (κ2) is 5.30. The van der Waals surface area contributed by atoms with E-state index in [1.54, 1.807) is 0 Å². The minimum Gasteiger partial charge on any atom is -0.315 e. The molecule has 1 aromatic heterocycles. The summed E-state index contributed by atoms with van der Waals surface area (Å²) in [6.07, 6.45) is 0. The third kappa shape index (κ3) is 2.53. The van der Waals surface area contributed by atoms with E-state index in [0.717, 1.165) is 24.5 Å². The second-order valence-electron chi connectivity index (χ2n) is 4.35. The van der Waals surface area contributed by atoms with Crippen LogP contribution in [0.2, 0.25) is 0 Å². The highest BCUT2D eigenvalue weighted by Crippen LogP contribution is 2.38. The summed E-state index contributed by atoms with van der Waals surface area (Å²) in [6, 6.07) is 8.61. The van der Waals surface area contributed by atoms with Crippen molar-refractivity contribution in [2.24, 2.45) is 0 Å². The Labute approximate surface area is 114 Å². The lowest BCUT2D eigenvalue weighted by Gasteiger charge is -2.11. The molecule has 2 N–H and O–H groups in total. The van der Waals surface area contributed by atoms with Gasteiger partial charge in [-0.2, -0.15) is 0 Å². The van der Waals surface area contributed by atoms with Gasteiger partial charge in [-0.15, -0.1) is 11.8 Å². The molecule has 3 nitrogen and oxygen atoms in total. The van der Waals surface area contributed by atoms with Gasteiger partial charge in [0.1, 0.15) is 0 Å². The van der Waals surface area contributed by atoms with Crippen molar-refractivity contribution in [2.45, 2.75) is 17.4 Å². The van der Waals surface area contributed by atoms with Gasteiger partial charge in [0.15, 0.2) is 0 Å². The molecule has 18 heavy (non-hydrogen) atoms. The van der Waals surface area contributed by atoms with E-state index >= 15 is 0 Å². The fourth-order valence-corrected chi connectivity index (χ4v) is 4.02. The van der Waals surface area contributed by atoms with Crippen molar-refractivity contribution in [3.8, 4) is 0 Å². The van der Waals surface area contributed by atoms with Crippen LogP contribution in [0.25, 0.3) is 0 Å². The molecule has 1 atom stereocenters. The first kappa shape index (κ1) is 12.0. The highest BCUT2D eigenvalue weighted by atomic mass is 32.2. The zero-order chi connectivity index (χ0) is 12.4. The van der Waals surface area contributed by atoms with Crippen molar-refractivity contribution in [1.82, 2.24) is 10.3 Å². The van der Waals surface area contributed by atoms with Crippen molar-refractivity contribution >= 4 is 23.1 Å². The third-order valence-corrected chi connectivity index (χ3v) is 5.05. The lowest BCUT2D eigenvalue weighted by Crippen LogP contribution is -2.21. The van der Waals surface area contributed by atoms with Crippen molar-refractivity contribution in [2.75, 3.05) is 12.3 Å². The average molecular weight is 278 g/mol. The summed E-state index contributed by atoms with van der Waals surface area (Å²) < 4.78 is 0. The summed E-state index contributed by atoms with van der Waals surface area (Å²) in [6.45, 7) is 1.70. The molecule has 0 amide bonds. The summed E-state index contributed by atoms with van der Waals surface area (Å²) >= 11 is 3.15. The van der Waals surface area contributed by atoms with Crippen molar-refractivity contribution < 1.29 is 0 Å². The highest BCUT2D eigenvalue weighted by Gasteiger charge is 2.21. The Balaban J connectivity index is 1.57. The normalized spacial score (nSPS) is 17.9. The largest absolute Gasteiger partial charge is 0.315 e. The molecule has 0 bridgehead atoms. The number of thiazole rings is 1. The molecule has 94 valence electrons. The van der Waals surface area contributed by atoms with Gasteiger partial charge < -0.3 is 10.3 Å². The average Bonchev–Trinajstić information content (AvgIpc) is 2.97. The smallest absolute Gasteiger partial charge is 0.304 e. The molecule has 1 aliphatic heterocycles. The lowest BCUT2D eigenvalue weighted by atomic mass is 10.0. The van der Waals surface area contributed by atoms with Crippen LogP contribution in [0.1, 0.15) is 17.2 Å². The number of hydrogen-bond acceptors (Lipinski definition) is 4. The van der Waals surface area contributed by atoms with Gasteiger partial charge in [0.2, 0.25) is 0 Å². The number of fused-ring (bicyclic) bond motifs is 1. The van der Waals surface area contributed by atoms with Gasteiger partial charge in [-0.25, -0.2) is 0 Å². The van der Waals surface area contributed by atoms with Crippen LogP contribution in [0.3, 0.4) is 0 Å². The van der Waals surface area contributed by atoms with E-state index in [1.807, 2.05) is 17.1 Å². The minimum absolute atomic E-state index is 0.0218. The summed E-state index contributed by atoms with van der Waals surface area (Å²) in [5.41, 5.74) is 2.43. The number of nitrogens with one attached hydrogen (secondary N) is 2. The molecule has 1 aliphatic rings. The van der Waals surface area contributed by atoms with Gasteiger partial charge in [0.05, 0.1) is 0 Å². The number of hydrogen-bond donors (Lipinski definition) is 2. The molecule has 0 fully saturated rings. The summed E-state index contributed by atoms with van der Waals surface area (Å²) in [4.78, 5) is 15.3. The summed E-state index contributed by atoms with van der Waals surface area (Å²) in [7, 11) is 0. The molecule has 0 saturated heterocycles. The highest BCUT2D eigenvalue weighted by molar-refractivity contribution is 7.99. The number of H-pyrrole nitrogens is 1. The van der Waals surface area contributed by atoms with Crippen LogP contribution >= 0.6 is 23.1 Å². The van der Waals surface area contributed by atoms with E-state index in [4.69, 9.17) is 0 Å².